The summed E-state index contributed by atoms with van der Waals surface area (Å²) in [5.41, 5.74) is 1.43. The highest BCUT2D eigenvalue weighted by atomic mass is 16.9. The zero-order chi connectivity index (χ0) is 18.5. The zero-order valence-corrected chi connectivity index (χ0v) is 14.8. The van der Waals surface area contributed by atoms with Gasteiger partial charge >= 0.3 is 5.97 Å². The molecule has 142 valence electrons. The molecule has 1 aliphatic carbocycles. The molecule has 3 unspecified atom stereocenters. The minimum Gasteiger partial charge on any atom is -0.453 e. The first-order chi connectivity index (χ1) is 12.4. The van der Waals surface area contributed by atoms with Gasteiger partial charge in [0.05, 0.1) is 5.56 Å². The van der Waals surface area contributed by atoms with Crippen LogP contribution in [0.3, 0.4) is 0 Å². The molecular formula is C19H24O7. The number of unbranched alkanes of at least 4 members (excludes halogenated alkanes) is 1. The van der Waals surface area contributed by atoms with E-state index < -0.39 is 48.6 Å². The molecule has 3 saturated heterocycles. The number of benzene rings is 1. The van der Waals surface area contributed by atoms with Crippen molar-refractivity contribution in [2.45, 2.75) is 75.7 Å². The smallest absolute Gasteiger partial charge is 0.338 e. The summed E-state index contributed by atoms with van der Waals surface area (Å²) in [6, 6.07) is 6.98. The summed E-state index contributed by atoms with van der Waals surface area (Å²) in [4.78, 5) is 12.5. The monoisotopic (exact) mass is 364 g/mol. The van der Waals surface area contributed by atoms with Crippen LogP contribution >= 0.6 is 0 Å². The number of carbonyl (C=O) groups is 1. The van der Waals surface area contributed by atoms with Crippen LogP contribution in [0.5, 0.6) is 0 Å². The maximum atomic E-state index is 12.5. The van der Waals surface area contributed by atoms with Crippen LogP contribution in [0.4, 0.5) is 0 Å². The summed E-state index contributed by atoms with van der Waals surface area (Å²) in [6.07, 6.45) is -3.23. The van der Waals surface area contributed by atoms with Gasteiger partial charge in [-0.15, -0.1) is 0 Å². The second-order valence-electron chi connectivity index (χ2n) is 7.25. The van der Waals surface area contributed by atoms with Crippen molar-refractivity contribution in [3.05, 3.63) is 35.4 Å². The molecule has 0 spiro atoms. The second kappa shape index (κ2) is 6.58. The Hall–Kier alpha value is -1.51. The molecule has 26 heavy (non-hydrogen) atoms. The number of ether oxygens (including phenoxy) is 4. The van der Waals surface area contributed by atoms with Gasteiger partial charge in [-0.05, 0) is 25.5 Å². The number of rotatable bonds is 5. The minimum absolute atomic E-state index is 0.394. The fourth-order valence-corrected chi connectivity index (χ4v) is 3.86. The summed E-state index contributed by atoms with van der Waals surface area (Å²) in [6.45, 7) is 3.97. The number of hydrogen-bond acceptors (Lipinski definition) is 7. The number of aliphatic hydroxyl groups excluding tert-OH is 2. The normalized spacial score (nSPS) is 40.6. The van der Waals surface area contributed by atoms with E-state index in [1.165, 1.54) is 0 Å². The van der Waals surface area contributed by atoms with Crippen LogP contribution in [0.2, 0.25) is 0 Å². The van der Waals surface area contributed by atoms with E-state index in [2.05, 4.69) is 0 Å². The average Bonchev–Trinajstić information content (AvgIpc) is 2.64. The lowest BCUT2D eigenvalue weighted by Gasteiger charge is -2.61. The number of hydrogen-bond donors (Lipinski definition) is 2. The summed E-state index contributed by atoms with van der Waals surface area (Å²) in [5, 5.41) is 20.9. The maximum absolute atomic E-state index is 12.5. The van der Waals surface area contributed by atoms with Crippen molar-refractivity contribution >= 4 is 5.97 Å². The lowest BCUT2D eigenvalue weighted by atomic mass is 9.81. The van der Waals surface area contributed by atoms with Crippen molar-refractivity contribution in [2.75, 3.05) is 0 Å². The summed E-state index contributed by atoms with van der Waals surface area (Å²) < 4.78 is 23.0. The topological polar surface area (TPSA) is 94.5 Å². The van der Waals surface area contributed by atoms with Crippen LogP contribution in [0, 0.1) is 6.92 Å². The number of aliphatic hydroxyl groups is 2. The number of aryl methyl sites for hydroxylation is 1. The van der Waals surface area contributed by atoms with Crippen molar-refractivity contribution in [2.24, 2.45) is 0 Å². The molecular weight excluding hydrogens is 340 g/mol. The van der Waals surface area contributed by atoms with Gasteiger partial charge in [0.2, 0.25) is 0 Å². The molecule has 0 radical (unpaired) electrons. The Labute approximate surface area is 151 Å². The average molecular weight is 364 g/mol. The predicted octanol–water partition coefficient (Wildman–Crippen LogP) is 1.28. The molecule has 2 N–H and O–H groups in total. The van der Waals surface area contributed by atoms with Crippen LogP contribution in [-0.4, -0.2) is 58.8 Å². The van der Waals surface area contributed by atoms with Gasteiger partial charge in [-0.2, -0.15) is 0 Å². The van der Waals surface area contributed by atoms with Gasteiger partial charge in [0, 0.05) is 6.42 Å². The van der Waals surface area contributed by atoms with Crippen molar-refractivity contribution in [1.29, 1.82) is 0 Å². The Morgan fingerprint density at radius 1 is 1.08 bits per heavy atom. The van der Waals surface area contributed by atoms with Gasteiger partial charge in [-0.1, -0.05) is 31.0 Å². The lowest BCUT2D eigenvalue weighted by molar-refractivity contribution is -0.538. The third-order valence-corrected chi connectivity index (χ3v) is 5.31. The molecule has 4 fully saturated rings. The van der Waals surface area contributed by atoms with Crippen LogP contribution < -0.4 is 0 Å². The van der Waals surface area contributed by atoms with Crippen LogP contribution in [0.15, 0.2) is 24.3 Å². The first-order valence-corrected chi connectivity index (χ1v) is 9.11. The summed E-state index contributed by atoms with van der Waals surface area (Å²) >= 11 is 0. The fraction of sp³-hybridized carbons (Fsp3) is 0.632. The third-order valence-electron chi connectivity index (χ3n) is 5.31. The van der Waals surface area contributed by atoms with E-state index in [1.54, 1.807) is 12.1 Å². The molecule has 3 aliphatic heterocycles. The van der Waals surface area contributed by atoms with Crippen molar-refractivity contribution in [1.82, 2.24) is 0 Å². The van der Waals surface area contributed by atoms with E-state index in [-0.39, 0.29) is 0 Å². The first-order valence-electron chi connectivity index (χ1n) is 9.11. The highest BCUT2D eigenvalue weighted by molar-refractivity contribution is 5.89. The van der Waals surface area contributed by atoms with E-state index in [0.717, 1.165) is 18.4 Å². The van der Waals surface area contributed by atoms with Gasteiger partial charge in [-0.25, -0.2) is 4.79 Å². The summed E-state index contributed by atoms with van der Waals surface area (Å²) in [5.74, 6) is -1.82. The molecule has 0 aromatic heterocycles. The molecule has 3 heterocycles. The third kappa shape index (κ3) is 2.84. The van der Waals surface area contributed by atoms with Gasteiger partial charge in [0.25, 0.3) is 5.97 Å². The molecule has 0 amide bonds. The highest BCUT2D eigenvalue weighted by Gasteiger charge is 2.67. The Balaban J connectivity index is 1.54. The highest BCUT2D eigenvalue weighted by Crippen LogP contribution is 2.48. The van der Waals surface area contributed by atoms with E-state index in [4.69, 9.17) is 18.9 Å². The quantitative estimate of drug-likeness (QED) is 0.760. The molecule has 7 atom stereocenters. The largest absolute Gasteiger partial charge is 0.453 e. The van der Waals surface area contributed by atoms with Gasteiger partial charge in [0.15, 0.2) is 6.10 Å². The Morgan fingerprint density at radius 2 is 1.65 bits per heavy atom. The predicted molar refractivity (Wildman–Crippen MR) is 89.3 cm³/mol. The van der Waals surface area contributed by atoms with Crippen molar-refractivity contribution in [3.63, 3.8) is 0 Å². The Morgan fingerprint density at radius 3 is 2.23 bits per heavy atom. The zero-order valence-electron chi connectivity index (χ0n) is 14.8. The molecule has 5 rings (SSSR count). The van der Waals surface area contributed by atoms with Crippen molar-refractivity contribution in [3.8, 4) is 0 Å². The standard InChI is InChI=1S/C19H24O7/c1-3-4-9-19-24-14-12(20)15(25-19)17(16(26-19)13(14)21)23-18(22)11-7-5-10(2)6-8-11/h5-8,12-17,20-21H,3-4,9H2,1-2H3/t12-,13+,14?,15+,16-,17?,19?. The van der Waals surface area contributed by atoms with E-state index in [9.17, 15) is 15.0 Å². The fourth-order valence-electron chi connectivity index (χ4n) is 3.86. The van der Waals surface area contributed by atoms with Crippen LogP contribution in [0.1, 0.15) is 42.1 Å². The Kier molecular flexibility index (Phi) is 4.53. The van der Waals surface area contributed by atoms with Crippen LogP contribution in [0.25, 0.3) is 0 Å². The van der Waals surface area contributed by atoms with E-state index in [1.807, 2.05) is 26.0 Å². The molecule has 4 bridgehead atoms. The van der Waals surface area contributed by atoms with E-state index in [0.29, 0.717) is 12.0 Å². The molecule has 4 aliphatic rings. The maximum Gasteiger partial charge on any atom is 0.338 e. The minimum atomic E-state index is -1.28. The lowest BCUT2D eigenvalue weighted by Crippen LogP contribution is -2.79. The van der Waals surface area contributed by atoms with E-state index >= 15 is 0 Å². The van der Waals surface area contributed by atoms with Gasteiger partial charge in [-0.3, -0.25) is 0 Å². The molecule has 7 nitrogen and oxygen atoms in total. The van der Waals surface area contributed by atoms with Gasteiger partial charge in [0.1, 0.15) is 30.5 Å². The first kappa shape index (κ1) is 17.9. The SMILES string of the molecule is CCCCC12OC3[C@@H](O)[C@H](O1)C(OC(=O)c1ccc(C)cc1)[C@H](O2)[C@H]3O. The number of carbonyl (C=O) groups excluding carboxylic acids is 1. The second-order valence-corrected chi connectivity index (χ2v) is 7.25. The van der Waals surface area contributed by atoms with Gasteiger partial charge < -0.3 is 29.2 Å². The molecule has 1 saturated carbocycles. The van der Waals surface area contributed by atoms with Crippen molar-refractivity contribution < 1.29 is 34.0 Å². The Bertz CT molecular complexity index is 653. The van der Waals surface area contributed by atoms with Crippen LogP contribution in [-0.2, 0) is 18.9 Å². The molecule has 7 heteroatoms. The summed E-state index contributed by atoms with van der Waals surface area (Å²) in [7, 11) is 0. The molecule has 1 aromatic rings. The molecule has 1 aromatic carbocycles. The number of esters is 1.